The fourth-order valence-corrected chi connectivity index (χ4v) is 2.37. The van der Waals surface area contributed by atoms with Gasteiger partial charge >= 0.3 is 0 Å². The fourth-order valence-electron chi connectivity index (χ4n) is 1.62. The second-order valence-corrected chi connectivity index (χ2v) is 4.68. The highest BCUT2D eigenvalue weighted by Gasteiger charge is 1.99. The minimum absolute atomic E-state index is 1.08. The van der Waals surface area contributed by atoms with E-state index in [0.717, 1.165) is 16.3 Å². The molecule has 2 heteroatoms. The Kier molecular flexibility index (Phi) is 3.69. The lowest BCUT2D eigenvalue weighted by atomic mass is 10.1. The van der Waals surface area contributed by atoms with Gasteiger partial charge in [0.15, 0.2) is 9.76 Å². The Balaban J connectivity index is 2.34. The summed E-state index contributed by atoms with van der Waals surface area (Å²) in [4.78, 5) is 9.51. The van der Waals surface area contributed by atoms with Crippen molar-refractivity contribution >= 4 is 21.0 Å². The zero-order valence-electron chi connectivity index (χ0n) is 9.01. The van der Waals surface area contributed by atoms with Crippen molar-refractivity contribution in [3.63, 3.8) is 0 Å². The molecule has 0 aliphatic rings. The van der Waals surface area contributed by atoms with Crippen molar-refractivity contribution in [2.45, 2.75) is 0 Å². The molecule has 1 N–H and O–H groups in total. The summed E-state index contributed by atoms with van der Waals surface area (Å²) in [5, 5.41) is 1.08. The lowest BCUT2D eigenvalue weighted by molar-refractivity contribution is 0.616. The molecule has 80 valence electrons. The smallest absolute Gasteiger partial charge is 0.188 e. The van der Waals surface area contributed by atoms with Crippen LogP contribution in [-0.2, 0) is 0 Å². The van der Waals surface area contributed by atoms with Gasteiger partial charge in [0.2, 0.25) is 0 Å². The van der Waals surface area contributed by atoms with E-state index in [9.17, 15) is 4.80 Å². The molecule has 0 radical (unpaired) electrons. The number of hydrogen-bond acceptors (Lipinski definition) is 1. The first kappa shape index (κ1) is 10.9. The average molecular weight is 226 g/mol. The summed E-state index contributed by atoms with van der Waals surface area (Å²) in [6, 6.07) is 20.2. The molecule has 0 saturated carbocycles. The molecular formula is C14H14OSi. The van der Waals surface area contributed by atoms with E-state index >= 15 is 0 Å². The molecule has 0 saturated heterocycles. The zero-order chi connectivity index (χ0) is 11.2. The number of benzene rings is 2. The fraction of sp³-hybridized carbons (Fsp3) is 0. The minimum atomic E-state index is -1.15. The molecule has 1 nitrogen and oxygen atoms in total. The van der Waals surface area contributed by atoms with E-state index in [0.29, 0.717) is 0 Å². The Morgan fingerprint density at radius 1 is 0.875 bits per heavy atom. The quantitative estimate of drug-likeness (QED) is 0.629. The van der Waals surface area contributed by atoms with Gasteiger partial charge < -0.3 is 4.80 Å². The van der Waals surface area contributed by atoms with Crippen LogP contribution in [0.4, 0.5) is 0 Å². The normalized spacial score (nSPS) is 12.2. The Morgan fingerprint density at radius 2 is 1.44 bits per heavy atom. The maximum absolute atomic E-state index is 9.51. The van der Waals surface area contributed by atoms with Gasteiger partial charge in [-0.25, -0.2) is 0 Å². The van der Waals surface area contributed by atoms with Gasteiger partial charge in [-0.05, 0) is 16.3 Å². The van der Waals surface area contributed by atoms with Crippen LogP contribution in [0.3, 0.4) is 0 Å². The van der Waals surface area contributed by atoms with Gasteiger partial charge in [-0.15, -0.1) is 0 Å². The van der Waals surface area contributed by atoms with E-state index in [1.54, 1.807) is 0 Å². The van der Waals surface area contributed by atoms with Crippen molar-refractivity contribution in [2.75, 3.05) is 0 Å². The van der Waals surface area contributed by atoms with E-state index in [1.807, 2.05) is 60.7 Å². The first-order valence-corrected chi connectivity index (χ1v) is 6.66. The largest absolute Gasteiger partial charge is 0.433 e. The molecule has 0 fully saturated rings. The molecule has 0 aliphatic heterocycles. The van der Waals surface area contributed by atoms with Crippen LogP contribution in [0.15, 0.2) is 60.7 Å². The Bertz CT molecular complexity index is 463. The van der Waals surface area contributed by atoms with Crippen molar-refractivity contribution in [1.82, 2.24) is 0 Å². The van der Waals surface area contributed by atoms with Crippen LogP contribution in [0.2, 0.25) is 0 Å². The van der Waals surface area contributed by atoms with Gasteiger partial charge in [0.1, 0.15) is 0 Å². The highest BCUT2D eigenvalue weighted by molar-refractivity contribution is 6.56. The van der Waals surface area contributed by atoms with Crippen LogP contribution in [0.25, 0.3) is 11.3 Å². The maximum atomic E-state index is 9.51. The molecule has 2 aromatic carbocycles. The molecule has 2 aromatic rings. The van der Waals surface area contributed by atoms with E-state index in [4.69, 9.17) is 0 Å². The van der Waals surface area contributed by atoms with Crippen LogP contribution in [-0.4, -0.2) is 14.6 Å². The minimum Gasteiger partial charge on any atom is -0.433 e. The Morgan fingerprint density at radius 3 is 2.00 bits per heavy atom. The third-order valence-electron chi connectivity index (χ3n) is 2.46. The van der Waals surface area contributed by atoms with E-state index in [-0.39, 0.29) is 0 Å². The molecule has 0 heterocycles. The van der Waals surface area contributed by atoms with E-state index < -0.39 is 9.76 Å². The van der Waals surface area contributed by atoms with Crippen molar-refractivity contribution in [3.05, 3.63) is 71.8 Å². The van der Waals surface area contributed by atoms with Crippen LogP contribution >= 0.6 is 0 Å². The number of hydrogen-bond donors (Lipinski definition) is 1. The van der Waals surface area contributed by atoms with Crippen molar-refractivity contribution in [2.24, 2.45) is 0 Å². The van der Waals surface area contributed by atoms with Gasteiger partial charge in [-0.1, -0.05) is 66.7 Å². The first-order chi connectivity index (χ1) is 7.90. The molecule has 0 amide bonds. The third kappa shape index (κ3) is 2.69. The van der Waals surface area contributed by atoms with Gasteiger partial charge in [0.05, 0.1) is 0 Å². The summed E-state index contributed by atoms with van der Waals surface area (Å²) >= 11 is 0. The first-order valence-electron chi connectivity index (χ1n) is 5.32. The van der Waals surface area contributed by atoms with Crippen LogP contribution in [0.5, 0.6) is 0 Å². The van der Waals surface area contributed by atoms with Gasteiger partial charge in [0, 0.05) is 0 Å². The third-order valence-corrected chi connectivity index (χ3v) is 3.41. The van der Waals surface area contributed by atoms with Crippen molar-refractivity contribution in [1.29, 1.82) is 0 Å². The highest BCUT2D eigenvalue weighted by Crippen LogP contribution is 2.16. The van der Waals surface area contributed by atoms with Crippen LogP contribution in [0, 0.1) is 0 Å². The van der Waals surface area contributed by atoms with E-state index in [2.05, 4.69) is 6.08 Å². The highest BCUT2D eigenvalue weighted by atomic mass is 28.2. The van der Waals surface area contributed by atoms with Crippen molar-refractivity contribution in [3.8, 4) is 0 Å². The summed E-state index contributed by atoms with van der Waals surface area (Å²) in [5.74, 6) is 0. The number of rotatable bonds is 3. The van der Waals surface area contributed by atoms with Gasteiger partial charge in [-0.3, -0.25) is 0 Å². The molecule has 2 rings (SSSR count). The molecule has 0 spiro atoms. The van der Waals surface area contributed by atoms with E-state index in [1.165, 1.54) is 0 Å². The predicted octanol–water partition coefficient (Wildman–Crippen LogP) is 2.26. The van der Waals surface area contributed by atoms with Crippen molar-refractivity contribution < 1.29 is 4.80 Å². The average Bonchev–Trinajstić information content (AvgIpc) is 2.38. The SMILES string of the molecule is O[SiH2]C(=Cc1ccccc1)c1ccccc1. The lowest BCUT2D eigenvalue weighted by Gasteiger charge is -2.03. The molecule has 16 heavy (non-hydrogen) atoms. The zero-order valence-corrected chi connectivity index (χ0v) is 10.4. The predicted molar refractivity (Wildman–Crippen MR) is 71.5 cm³/mol. The lowest BCUT2D eigenvalue weighted by Crippen LogP contribution is -1.94. The summed E-state index contributed by atoms with van der Waals surface area (Å²) in [7, 11) is -1.15. The summed E-state index contributed by atoms with van der Waals surface area (Å²) < 4.78 is 0. The van der Waals surface area contributed by atoms with Crippen LogP contribution < -0.4 is 0 Å². The van der Waals surface area contributed by atoms with Crippen LogP contribution in [0.1, 0.15) is 11.1 Å². The molecule has 0 unspecified atom stereocenters. The summed E-state index contributed by atoms with van der Waals surface area (Å²) in [6.07, 6.45) is 2.07. The molecule has 0 bridgehead atoms. The topological polar surface area (TPSA) is 20.2 Å². The van der Waals surface area contributed by atoms with Gasteiger partial charge in [-0.2, -0.15) is 0 Å². The maximum Gasteiger partial charge on any atom is 0.188 e. The second-order valence-electron chi connectivity index (χ2n) is 3.60. The molecular weight excluding hydrogens is 212 g/mol. The molecule has 0 aromatic heterocycles. The monoisotopic (exact) mass is 226 g/mol. The Hall–Kier alpha value is -1.64. The summed E-state index contributed by atoms with van der Waals surface area (Å²) in [5.41, 5.74) is 2.27. The molecule has 0 atom stereocenters. The van der Waals surface area contributed by atoms with Gasteiger partial charge in [0.25, 0.3) is 0 Å². The standard InChI is InChI=1S/C14H14OSi/c15-16-14(13-9-5-2-6-10-13)11-12-7-3-1-4-8-12/h1-11,15H,16H2. The molecule has 0 aliphatic carbocycles. The Labute approximate surface area is 98.0 Å². The second kappa shape index (κ2) is 5.44. The summed E-state index contributed by atoms with van der Waals surface area (Å²) in [6.45, 7) is 0.